The molecule has 0 aliphatic rings. The summed E-state index contributed by atoms with van der Waals surface area (Å²) in [6.07, 6.45) is 0. The quantitative estimate of drug-likeness (QED) is 0.706. The van der Waals surface area contributed by atoms with Gasteiger partial charge in [-0.1, -0.05) is 29.8 Å². The third kappa shape index (κ3) is 2.38. The Balaban J connectivity index is 2.03. The SMILES string of the molecule is O=C(c1ccc(Cl)cc1)c1ccc2cc(O)ccc2c1. The molecule has 0 aliphatic carbocycles. The fraction of sp³-hybridized carbons (Fsp3) is 0. The van der Waals surface area contributed by atoms with Crippen LogP contribution in [0.4, 0.5) is 0 Å². The molecule has 0 radical (unpaired) electrons. The van der Waals surface area contributed by atoms with Crippen LogP contribution in [0.3, 0.4) is 0 Å². The van der Waals surface area contributed by atoms with Crippen molar-refractivity contribution in [1.82, 2.24) is 0 Å². The van der Waals surface area contributed by atoms with Crippen molar-refractivity contribution in [3.05, 3.63) is 76.8 Å². The molecule has 0 atom stereocenters. The van der Waals surface area contributed by atoms with Crippen LogP contribution in [0.2, 0.25) is 5.02 Å². The van der Waals surface area contributed by atoms with Crippen molar-refractivity contribution in [2.45, 2.75) is 0 Å². The van der Waals surface area contributed by atoms with Gasteiger partial charge in [0.05, 0.1) is 0 Å². The van der Waals surface area contributed by atoms with Gasteiger partial charge in [-0.05, 0) is 53.2 Å². The lowest BCUT2D eigenvalue weighted by Gasteiger charge is -2.04. The molecule has 20 heavy (non-hydrogen) atoms. The van der Waals surface area contributed by atoms with Gasteiger partial charge in [-0.25, -0.2) is 0 Å². The molecule has 0 aromatic heterocycles. The maximum atomic E-state index is 12.4. The fourth-order valence-electron chi connectivity index (χ4n) is 2.14. The molecule has 3 aromatic rings. The predicted octanol–water partition coefficient (Wildman–Crippen LogP) is 4.43. The van der Waals surface area contributed by atoms with Crippen LogP contribution in [0.15, 0.2) is 60.7 Å². The summed E-state index contributed by atoms with van der Waals surface area (Å²) >= 11 is 5.82. The van der Waals surface area contributed by atoms with Gasteiger partial charge in [0.1, 0.15) is 5.75 Å². The highest BCUT2D eigenvalue weighted by atomic mass is 35.5. The van der Waals surface area contributed by atoms with E-state index in [-0.39, 0.29) is 11.5 Å². The molecule has 1 N–H and O–H groups in total. The largest absolute Gasteiger partial charge is 0.508 e. The average Bonchev–Trinajstić information content (AvgIpc) is 2.47. The molecule has 0 spiro atoms. The molecule has 0 aliphatic heterocycles. The second-order valence-corrected chi connectivity index (χ2v) is 5.02. The van der Waals surface area contributed by atoms with Gasteiger partial charge in [-0.2, -0.15) is 0 Å². The van der Waals surface area contributed by atoms with E-state index in [2.05, 4.69) is 0 Å². The maximum absolute atomic E-state index is 12.4. The topological polar surface area (TPSA) is 37.3 Å². The highest BCUT2D eigenvalue weighted by Crippen LogP contribution is 2.22. The van der Waals surface area contributed by atoms with Gasteiger partial charge in [-0.3, -0.25) is 4.79 Å². The number of hydrogen-bond donors (Lipinski definition) is 1. The first-order valence-electron chi connectivity index (χ1n) is 6.16. The third-order valence-corrected chi connectivity index (χ3v) is 3.44. The Morgan fingerprint density at radius 2 is 1.40 bits per heavy atom. The second-order valence-electron chi connectivity index (χ2n) is 4.58. The van der Waals surface area contributed by atoms with Crippen molar-refractivity contribution in [2.75, 3.05) is 0 Å². The molecule has 3 rings (SSSR count). The standard InChI is InChI=1S/C17H11ClO2/c18-15-6-3-11(4-7-15)17(20)14-2-1-13-10-16(19)8-5-12(13)9-14/h1-10,19H. The van der Waals surface area contributed by atoms with Gasteiger partial charge < -0.3 is 5.11 Å². The molecule has 0 saturated carbocycles. The third-order valence-electron chi connectivity index (χ3n) is 3.19. The zero-order chi connectivity index (χ0) is 14.1. The molecule has 3 aromatic carbocycles. The maximum Gasteiger partial charge on any atom is 0.193 e. The zero-order valence-corrected chi connectivity index (χ0v) is 11.3. The van der Waals surface area contributed by atoms with Crippen LogP contribution < -0.4 is 0 Å². The number of rotatable bonds is 2. The summed E-state index contributed by atoms with van der Waals surface area (Å²) in [5.41, 5.74) is 1.22. The van der Waals surface area contributed by atoms with E-state index in [9.17, 15) is 9.90 Å². The Morgan fingerprint density at radius 3 is 2.15 bits per heavy atom. The first kappa shape index (κ1) is 12.7. The van der Waals surface area contributed by atoms with Gasteiger partial charge in [0, 0.05) is 16.1 Å². The van der Waals surface area contributed by atoms with Crippen LogP contribution in [0.25, 0.3) is 10.8 Å². The lowest BCUT2D eigenvalue weighted by molar-refractivity contribution is 0.103. The van der Waals surface area contributed by atoms with Crippen LogP contribution in [0, 0.1) is 0 Å². The van der Waals surface area contributed by atoms with Gasteiger partial charge >= 0.3 is 0 Å². The van der Waals surface area contributed by atoms with Crippen molar-refractivity contribution in [2.24, 2.45) is 0 Å². The number of phenolic OH excluding ortho intramolecular Hbond substituents is 1. The Labute approximate surface area is 121 Å². The van der Waals surface area contributed by atoms with Gasteiger partial charge in [0.15, 0.2) is 5.78 Å². The summed E-state index contributed by atoms with van der Waals surface area (Å²) < 4.78 is 0. The van der Waals surface area contributed by atoms with Gasteiger partial charge in [0.2, 0.25) is 0 Å². The van der Waals surface area contributed by atoms with Crippen LogP contribution in [-0.4, -0.2) is 10.9 Å². The van der Waals surface area contributed by atoms with E-state index in [1.54, 1.807) is 48.5 Å². The van der Waals surface area contributed by atoms with Crippen LogP contribution >= 0.6 is 11.6 Å². The lowest BCUT2D eigenvalue weighted by atomic mass is 10.00. The number of ketones is 1. The Morgan fingerprint density at radius 1 is 0.800 bits per heavy atom. The molecule has 0 fully saturated rings. The molecule has 0 bridgehead atoms. The monoisotopic (exact) mass is 282 g/mol. The number of aromatic hydroxyl groups is 1. The van der Waals surface area contributed by atoms with Crippen LogP contribution in [-0.2, 0) is 0 Å². The van der Waals surface area contributed by atoms with E-state index in [4.69, 9.17) is 11.6 Å². The summed E-state index contributed by atoms with van der Waals surface area (Å²) in [5.74, 6) is 0.172. The molecule has 0 saturated heterocycles. The van der Waals surface area contributed by atoms with Crippen LogP contribution in [0.1, 0.15) is 15.9 Å². The summed E-state index contributed by atoms with van der Waals surface area (Å²) in [6.45, 7) is 0. The molecule has 98 valence electrons. The Bertz CT molecular complexity index is 792. The van der Waals surface area contributed by atoms with Crippen molar-refractivity contribution in [3.8, 4) is 5.75 Å². The minimum atomic E-state index is -0.0448. The molecule has 0 heterocycles. The number of phenols is 1. The van der Waals surface area contributed by atoms with Gasteiger partial charge in [0.25, 0.3) is 0 Å². The van der Waals surface area contributed by atoms with E-state index in [1.165, 1.54) is 0 Å². The van der Waals surface area contributed by atoms with Crippen molar-refractivity contribution in [3.63, 3.8) is 0 Å². The number of hydrogen-bond acceptors (Lipinski definition) is 2. The second kappa shape index (κ2) is 4.99. The molecular weight excluding hydrogens is 272 g/mol. The summed E-state index contributed by atoms with van der Waals surface area (Å²) in [7, 11) is 0. The van der Waals surface area contributed by atoms with E-state index >= 15 is 0 Å². The van der Waals surface area contributed by atoms with Crippen LogP contribution in [0.5, 0.6) is 5.75 Å². The normalized spacial score (nSPS) is 10.7. The van der Waals surface area contributed by atoms with Crippen molar-refractivity contribution in [1.29, 1.82) is 0 Å². The van der Waals surface area contributed by atoms with Gasteiger partial charge in [-0.15, -0.1) is 0 Å². The number of fused-ring (bicyclic) bond motifs is 1. The zero-order valence-electron chi connectivity index (χ0n) is 10.5. The van der Waals surface area contributed by atoms with Crippen molar-refractivity contribution >= 4 is 28.2 Å². The molecule has 0 unspecified atom stereocenters. The molecular formula is C17H11ClO2. The highest BCUT2D eigenvalue weighted by molar-refractivity contribution is 6.30. The minimum Gasteiger partial charge on any atom is -0.508 e. The Kier molecular flexibility index (Phi) is 3.17. The first-order chi connectivity index (χ1) is 9.63. The highest BCUT2D eigenvalue weighted by Gasteiger charge is 2.09. The van der Waals surface area contributed by atoms with E-state index in [1.807, 2.05) is 12.1 Å². The summed E-state index contributed by atoms with van der Waals surface area (Å²) in [4.78, 5) is 12.4. The van der Waals surface area contributed by atoms with Crippen molar-refractivity contribution < 1.29 is 9.90 Å². The average molecular weight is 283 g/mol. The number of halogens is 1. The van der Waals surface area contributed by atoms with E-state index < -0.39 is 0 Å². The number of carbonyl (C=O) groups is 1. The summed E-state index contributed by atoms with van der Waals surface area (Å²) in [6, 6.07) is 17.3. The number of benzene rings is 3. The predicted molar refractivity (Wildman–Crippen MR) is 80.5 cm³/mol. The molecule has 2 nitrogen and oxygen atoms in total. The smallest absolute Gasteiger partial charge is 0.193 e. The minimum absolute atomic E-state index is 0.0448. The lowest BCUT2D eigenvalue weighted by Crippen LogP contribution is -2.00. The van der Waals surface area contributed by atoms with E-state index in [0.29, 0.717) is 16.1 Å². The summed E-state index contributed by atoms with van der Waals surface area (Å²) in [5, 5.41) is 11.9. The number of carbonyl (C=O) groups excluding carboxylic acids is 1. The molecule has 3 heteroatoms. The Hall–Kier alpha value is -2.32. The van der Waals surface area contributed by atoms with E-state index in [0.717, 1.165) is 10.8 Å². The fourth-order valence-corrected chi connectivity index (χ4v) is 2.27. The molecule has 0 amide bonds. The first-order valence-corrected chi connectivity index (χ1v) is 6.54.